The van der Waals surface area contributed by atoms with E-state index in [1.165, 1.54) is 22.0 Å². The minimum atomic E-state index is 0.651. The highest BCUT2D eigenvalue weighted by atomic mass is 16.5. The summed E-state index contributed by atoms with van der Waals surface area (Å²) in [4.78, 5) is 7.30. The lowest BCUT2D eigenvalue weighted by atomic mass is 10.1. The van der Waals surface area contributed by atoms with Crippen LogP contribution in [0.15, 0.2) is 48.8 Å². The van der Waals surface area contributed by atoms with Crippen molar-refractivity contribution in [2.24, 2.45) is 0 Å². The van der Waals surface area contributed by atoms with E-state index in [2.05, 4.69) is 39.6 Å². The first-order valence-corrected chi connectivity index (χ1v) is 6.61. The van der Waals surface area contributed by atoms with Crippen LogP contribution in [0.4, 0.5) is 0 Å². The number of benzene rings is 1. The van der Waals surface area contributed by atoms with Gasteiger partial charge in [-0.15, -0.1) is 0 Å². The maximum absolute atomic E-state index is 5.12. The van der Waals surface area contributed by atoms with Gasteiger partial charge in [0.1, 0.15) is 0 Å². The number of hydrogen-bond acceptors (Lipinski definition) is 3. The zero-order chi connectivity index (χ0) is 13.8. The lowest BCUT2D eigenvalue weighted by Gasteiger charge is -2.06. The van der Waals surface area contributed by atoms with Crippen LogP contribution >= 0.6 is 0 Å². The van der Waals surface area contributed by atoms with Crippen molar-refractivity contribution in [3.05, 3.63) is 59.9 Å². The number of H-pyrrole nitrogens is 1. The van der Waals surface area contributed by atoms with Gasteiger partial charge in [0.2, 0.25) is 5.88 Å². The Labute approximate surface area is 117 Å². The molecule has 0 bridgehead atoms. The molecule has 2 N–H and O–H groups in total. The highest BCUT2D eigenvalue weighted by molar-refractivity contribution is 5.79. The Balaban J connectivity index is 1.61. The van der Waals surface area contributed by atoms with E-state index in [1.807, 2.05) is 18.3 Å². The van der Waals surface area contributed by atoms with Crippen LogP contribution < -0.4 is 10.1 Å². The molecule has 3 aromatic rings. The highest BCUT2D eigenvalue weighted by Crippen LogP contribution is 2.14. The summed E-state index contributed by atoms with van der Waals surface area (Å²) >= 11 is 0. The standard InChI is InChI=1S/C16H17N3O/c1-20-16-9-13(4-6-19-16)11-17-10-12-2-3-15-14(8-12)5-7-18-15/h2-9,17-18H,10-11H2,1H3. The number of pyridine rings is 1. The molecule has 2 heterocycles. The number of aromatic nitrogens is 2. The molecule has 0 radical (unpaired) electrons. The predicted octanol–water partition coefficient (Wildman–Crippen LogP) is 2.86. The highest BCUT2D eigenvalue weighted by Gasteiger charge is 1.99. The normalized spacial score (nSPS) is 10.8. The smallest absolute Gasteiger partial charge is 0.213 e. The molecule has 0 spiro atoms. The van der Waals surface area contributed by atoms with Gasteiger partial charge in [0, 0.05) is 37.1 Å². The third-order valence-electron chi connectivity index (χ3n) is 3.28. The average Bonchev–Trinajstić information content (AvgIpc) is 2.95. The Hall–Kier alpha value is -2.33. The van der Waals surface area contributed by atoms with Gasteiger partial charge in [0.25, 0.3) is 0 Å². The van der Waals surface area contributed by atoms with Crippen LogP contribution in [0.5, 0.6) is 5.88 Å². The van der Waals surface area contributed by atoms with Gasteiger partial charge in [0.05, 0.1) is 7.11 Å². The van der Waals surface area contributed by atoms with Crippen molar-refractivity contribution in [3.63, 3.8) is 0 Å². The second-order valence-corrected chi connectivity index (χ2v) is 4.71. The molecular formula is C16H17N3O. The molecule has 0 fully saturated rings. The molecule has 2 aromatic heterocycles. The maximum Gasteiger partial charge on any atom is 0.213 e. The largest absolute Gasteiger partial charge is 0.481 e. The molecule has 3 rings (SSSR count). The Kier molecular flexibility index (Phi) is 3.65. The van der Waals surface area contributed by atoms with Gasteiger partial charge < -0.3 is 15.0 Å². The number of ether oxygens (including phenoxy) is 1. The van der Waals surface area contributed by atoms with Crippen molar-refractivity contribution in [1.29, 1.82) is 0 Å². The van der Waals surface area contributed by atoms with Gasteiger partial charge in [-0.1, -0.05) is 6.07 Å². The summed E-state index contributed by atoms with van der Waals surface area (Å²) in [6.07, 6.45) is 3.73. The molecular weight excluding hydrogens is 250 g/mol. The molecule has 20 heavy (non-hydrogen) atoms. The third kappa shape index (κ3) is 2.81. The van der Waals surface area contributed by atoms with Crippen LogP contribution in [0.2, 0.25) is 0 Å². The van der Waals surface area contributed by atoms with E-state index in [1.54, 1.807) is 13.3 Å². The van der Waals surface area contributed by atoms with E-state index in [0.29, 0.717) is 5.88 Å². The van der Waals surface area contributed by atoms with Crippen LogP contribution in [0.3, 0.4) is 0 Å². The quantitative estimate of drug-likeness (QED) is 0.747. The first-order valence-electron chi connectivity index (χ1n) is 6.61. The number of aromatic amines is 1. The number of hydrogen-bond donors (Lipinski definition) is 2. The monoisotopic (exact) mass is 267 g/mol. The fourth-order valence-electron chi connectivity index (χ4n) is 2.24. The molecule has 0 aliphatic heterocycles. The third-order valence-corrected chi connectivity index (χ3v) is 3.28. The van der Waals surface area contributed by atoms with E-state index in [-0.39, 0.29) is 0 Å². The lowest BCUT2D eigenvalue weighted by molar-refractivity contribution is 0.397. The summed E-state index contributed by atoms with van der Waals surface area (Å²) in [6.45, 7) is 1.63. The second-order valence-electron chi connectivity index (χ2n) is 4.71. The van der Waals surface area contributed by atoms with E-state index in [4.69, 9.17) is 4.74 Å². The summed E-state index contributed by atoms with van der Waals surface area (Å²) in [7, 11) is 1.63. The van der Waals surface area contributed by atoms with Crippen LogP contribution in [0.1, 0.15) is 11.1 Å². The SMILES string of the molecule is COc1cc(CNCc2ccc3[nH]ccc3c2)ccn1. The topological polar surface area (TPSA) is 49.9 Å². The van der Waals surface area contributed by atoms with Gasteiger partial charge in [-0.05, 0) is 40.8 Å². The lowest BCUT2D eigenvalue weighted by Crippen LogP contribution is -2.12. The molecule has 0 aliphatic carbocycles. The molecule has 102 valence electrons. The Bertz CT molecular complexity index is 706. The van der Waals surface area contributed by atoms with Gasteiger partial charge >= 0.3 is 0 Å². The number of methoxy groups -OCH3 is 1. The fraction of sp³-hybridized carbons (Fsp3) is 0.188. The van der Waals surface area contributed by atoms with Crippen molar-refractivity contribution in [1.82, 2.24) is 15.3 Å². The van der Waals surface area contributed by atoms with Crippen molar-refractivity contribution in [3.8, 4) is 5.88 Å². The van der Waals surface area contributed by atoms with Crippen LogP contribution in [0, 0.1) is 0 Å². The zero-order valence-corrected chi connectivity index (χ0v) is 11.4. The van der Waals surface area contributed by atoms with Gasteiger partial charge in [-0.2, -0.15) is 0 Å². The van der Waals surface area contributed by atoms with Crippen LogP contribution in [0.25, 0.3) is 10.9 Å². The van der Waals surface area contributed by atoms with Crippen molar-refractivity contribution >= 4 is 10.9 Å². The molecule has 0 saturated heterocycles. The van der Waals surface area contributed by atoms with Crippen molar-refractivity contribution < 1.29 is 4.74 Å². The molecule has 4 heteroatoms. The summed E-state index contributed by atoms with van der Waals surface area (Å²) in [5, 5.41) is 4.68. The Morgan fingerprint density at radius 1 is 1.10 bits per heavy atom. The minimum Gasteiger partial charge on any atom is -0.481 e. The number of nitrogens with one attached hydrogen (secondary N) is 2. The van der Waals surface area contributed by atoms with Crippen LogP contribution in [-0.2, 0) is 13.1 Å². The van der Waals surface area contributed by atoms with E-state index in [9.17, 15) is 0 Å². The minimum absolute atomic E-state index is 0.651. The Morgan fingerprint density at radius 3 is 2.80 bits per heavy atom. The first kappa shape index (κ1) is 12.7. The van der Waals surface area contributed by atoms with Crippen molar-refractivity contribution in [2.45, 2.75) is 13.1 Å². The molecule has 0 aliphatic rings. The zero-order valence-electron chi connectivity index (χ0n) is 11.4. The van der Waals surface area contributed by atoms with Gasteiger partial charge in [0.15, 0.2) is 0 Å². The molecule has 0 amide bonds. The summed E-state index contributed by atoms with van der Waals surface area (Å²) in [5.41, 5.74) is 3.62. The number of fused-ring (bicyclic) bond motifs is 1. The van der Waals surface area contributed by atoms with Crippen molar-refractivity contribution in [2.75, 3.05) is 7.11 Å². The van der Waals surface area contributed by atoms with Gasteiger partial charge in [-0.3, -0.25) is 0 Å². The maximum atomic E-state index is 5.12. The number of nitrogens with zero attached hydrogens (tertiary/aromatic N) is 1. The Morgan fingerprint density at radius 2 is 1.95 bits per heavy atom. The molecule has 4 nitrogen and oxygen atoms in total. The molecule has 1 aromatic carbocycles. The summed E-state index contributed by atoms with van der Waals surface area (Å²) < 4.78 is 5.12. The van der Waals surface area contributed by atoms with Gasteiger partial charge in [-0.25, -0.2) is 4.98 Å². The van der Waals surface area contributed by atoms with E-state index >= 15 is 0 Å². The average molecular weight is 267 g/mol. The van der Waals surface area contributed by atoms with E-state index in [0.717, 1.165) is 13.1 Å². The predicted molar refractivity (Wildman–Crippen MR) is 79.6 cm³/mol. The van der Waals surface area contributed by atoms with E-state index < -0.39 is 0 Å². The molecule has 0 unspecified atom stereocenters. The summed E-state index contributed by atoms with van der Waals surface area (Å²) in [6, 6.07) is 12.5. The second kappa shape index (κ2) is 5.75. The number of rotatable bonds is 5. The fourth-order valence-corrected chi connectivity index (χ4v) is 2.24. The van der Waals surface area contributed by atoms with Crippen LogP contribution in [-0.4, -0.2) is 17.1 Å². The molecule has 0 saturated carbocycles. The molecule has 0 atom stereocenters. The first-order chi connectivity index (χ1) is 9.85. The summed E-state index contributed by atoms with van der Waals surface area (Å²) in [5.74, 6) is 0.651.